The van der Waals surface area contributed by atoms with Crippen molar-refractivity contribution in [2.75, 3.05) is 59.3 Å². The molecule has 2 N–H and O–H groups in total. The summed E-state index contributed by atoms with van der Waals surface area (Å²) in [6.45, 7) is 10.2. The van der Waals surface area contributed by atoms with Gasteiger partial charge in [0.15, 0.2) is 5.96 Å². The van der Waals surface area contributed by atoms with Gasteiger partial charge in [0.25, 0.3) is 0 Å². The first-order valence-corrected chi connectivity index (χ1v) is 11.0. The van der Waals surface area contributed by atoms with Crippen LogP contribution in [0, 0.1) is 0 Å². The van der Waals surface area contributed by atoms with Crippen molar-refractivity contribution < 1.29 is 9.47 Å². The van der Waals surface area contributed by atoms with E-state index in [2.05, 4.69) is 47.8 Å². The zero-order valence-corrected chi connectivity index (χ0v) is 20.6. The number of thioether (sulfide) groups is 1. The minimum absolute atomic E-state index is 0. The Morgan fingerprint density at radius 3 is 2.50 bits per heavy atom. The number of benzene rings is 1. The molecule has 1 heterocycles. The van der Waals surface area contributed by atoms with E-state index < -0.39 is 0 Å². The Kier molecular flexibility index (Phi) is 12.9. The number of halogens is 1. The van der Waals surface area contributed by atoms with Gasteiger partial charge in [0.1, 0.15) is 5.75 Å². The van der Waals surface area contributed by atoms with Gasteiger partial charge in [-0.05, 0) is 30.9 Å². The number of morpholine rings is 1. The third-order valence-electron chi connectivity index (χ3n) is 4.70. The molecule has 1 saturated heterocycles. The first-order chi connectivity index (χ1) is 13.2. The van der Waals surface area contributed by atoms with Gasteiger partial charge in [0.2, 0.25) is 0 Å². The lowest BCUT2D eigenvalue weighted by molar-refractivity contribution is 0.0170. The predicted molar refractivity (Wildman–Crippen MR) is 131 cm³/mol. The Bertz CT molecular complexity index is 568. The predicted octanol–water partition coefficient (Wildman–Crippen LogP) is 2.99. The van der Waals surface area contributed by atoms with Crippen molar-refractivity contribution >= 4 is 41.7 Å². The molecule has 1 fully saturated rings. The highest BCUT2D eigenvalue weighted by Gasteiger charge is 2.23. The molecular formula is C20H35IN4O2S. The topological polar surface area (TPSA) is 58.1 Å². The molecule has 28 heavy (non-hydrogen) atoms. The van der Waals surface area contributed by atoms with Gasteiger partial charge in [-0.3, -0.25) is 9.89 Å². The second-order valence-electron chi connectivity index (χ2n) is 6.58. The molecule has 1 aliphatic rings. The van der Waals surface area contributed by atoms with Crippen molar-refractivity contribution in [1.82, 2.24) is 15.5 Å². The molecule has 8 heteroatoms. The fourth-order valence-electron chi connectivity index (χ4n) is 3.00. The zero-order valence-electron chi connectivity index (χ0n) is 17.4. The molecule has 0 spiro atoms. The maximum atomic E-state index is 5.54. The largest absolute Gasteiger partial charge is 0.497 e. The quantitative estimate of drug-likeness (QED) is 0.296. The third kappa shape index (κ3) is 8.34. The normalized spacial score (nSPS) is 17.4. The van der Waals surface area contributed by atoms with E-state index in [0.29, 0.717) is 5.25 Å². The highest BCUT2D eigenvalue weighted by molar-refractivity contribution is 14.0. The fourth-order valence-corrected chi connectivity index (χ4v) is 3.23. The number of hydrogen-bond donors (Lipinski definition) is 2. The molecule has 0 bridgehead atoms. The summed E-state index contributed by atoms with van der Waals surface area (Å²) >= 11 is 1.84. The number of nitrogens with zero attached hydrogens (tertiary/aromatic N) is 2. The molecule has 160 valence electrons. The zero-order chi connectivity index (χ0) is 19.5. The molecule has 6 nitrogen and oxygen atoms in total. The Morgan fingerprint density at radius 2 is 1.93 bits per heavy atom. The standard InChI is InChI=1S/C20H34N4O2S.HI/c1-5-21-20(22-14-16(2)27-4)23-15-19(24-10-12-26-13-11-24)17-6-8-18(25-3)9-7-17;/h6-9,16,19H,5,10-15H2,1-4H3,(H2,21,22,23);1H. The summed E-state index contributed by atoms with van der Waals surface area (Å²) in [6, 6.07) is 8.63. The smallest absolute Gasteiger partial charge is 0.191 e. The lowest BCUT2D eigenvalue weighted by Crippen LogP contribution is -2.46. The van der Waals surface area contributed by atoms with Crippen molar-refractivity contribution in [3.63, 3.8) is 0 Å². The van der Waals surface area contributed by atoms with Gasteiger partial charge < -0.3 is 20.1 Å². The van der Waals surface area contributed by atoms with Crippen molar-refractivity contribution in [3.8, 4) is 5.75 Å². The number of ether oxygens (including phenoxy) is 2. The molecule has 1 aliphatic heterocycles. The van der Waals surface area contributed by atoms with Crippen molar-refractivity contribution in [2.45, 2.75) is 25.1 Å². The van der Waals surface area contributed by atoms with Crippen LogP contribution < -0.4 is 15.4 Å². The van der Waals surface area contributed by atoms with E-state index in [1.54, 1.807) is 7.11 Å². The van der Waals surface area contributed by atoms with Crippen LogP contribution >= 0.6 is 35.7 Å². The van der Waals surface area contributed by atoms with Crippen molar-refractivity contribution in [2.24, 2.45) is 4.99 Å². The number of nitrogens with one attached hydrogen (secondary N) is 2. The van der Waals surface area contributed by atoms with Gasteiger partial charge in [0, 0.05) is 31.4 Å². The molecular weight excluding hydrogens is 487 g/mol. The lowest BCUT2D eigenvalue weighted by Gasteiger charge is -2.35. The second kappa shape index (κ2) is 14.3. The highest BCUT2D eigenvalue weighted by atomic mass is 127. The highest BCUT2D eigenvalue weighted by Crippen LogP contribution is 2.23. The molecule has 2 atom stereocenters. The molecule has 0 aromatic heterocycles. The Morgan fingerprint density at radius 1 is 1.25 bits per heavy atom. The average Bonchev–Trinajstić information content (AvgIpc) is 2.73. The number of methoxy groups -OCH3 is 1. The number of aliphatic imine (C=N–C) groups is 1. The van der Waals surface area contributed by atoms with Gasteiger partial charge in [-0.2, -0.15) is 11.8 Å². The second-order valence-corrected chi connectivity index (χ2v) is 7.86. The summed E-state index contributed by atoms with van der Waals surface area (Å²) in [5.74, 6) is 1.76. The molecule has 1 aromatic carbocycles. The molecule has 0 amide bonds. The average molecular weight is 522 g/mol. The third-order valence-corrected chi connectivity index (χ3v) is 5.66. The van der Waals surface area contributed by atoms with Gasteiger partial charge in [0.05, 0.1) is 32.9 Å². The Labute approximate surface area is 191 Å². The summed E-state index contributed by atoms with van der Waals surface area (Å²) in [7, 11) is 1.70. The van der Waals surface area contributed by atoms with Crippen molar-refractivity contribution in [3.05, 3.63) is 29.8 Å². The monoisotopic (exact) mass is 522 g/mol. The maximum absolute atomic E-state index is 5.54. The van der Waals surface area contributed by atoms with Crippen LogP contribution in [0.25, 0.3) is 0 Å². The van der Waals surface area contributed by atoms with Crippen LogP contribution in [0.3, 0.4) is 0 Å². The maximum Gasteiger partial charge on any atom is 0.191 e. The molecule has 0 saturated carbocycles. The van der Waals surface area contributed by atoms with E-state index in [0.717, 1.165) is 57.6 Å². The van der Waals surface area contributed by atoms with Crippen LogP contribution in [0.2, 0.25) is 0 Å². The van der Waals surface area contributed by atoms with Crippen LogP contribution in [0.15, 0.2) is 29.3 Å². The summed E-state index contributed by atoms with van der Waals surface area (Å²) in [5, 5.41) is 7.41. The van der Waals surface area contributed by atoms with Gasteiger partial charge in [-0.15, -0.1) is 24.0 Å². The van der Waals surface area contributed by atoms with E-state index in [1.807, 2.05) is 23.9 Å². The lowest BCUT2D eigenvalue weighted by atomic mass is 10.0. The number of hydrogen-bond acceptors (Lipinski definition) is 5. The summed E-state index contributed by atoms with van der Waals surface area (Å²) in [5.41, 5.74) is 1.28. The van der Waals surface area contributed by atoms with E-state index in [9.17, 15) is 0 Å². The fraction of sp³-hybridized carbons (Fsp3) is 0.650. The molecule has 0 aliphatic carbocycles. The molecule has 0 radical (unpaired) electrons. The van der Waals surface area contributed by atoms with E-state index in [4.69, 9.17) is 14.5 Å². The van der Waals surface area contributed by atoms with Gasteiger partial charge in [-0.25, -0.2) is 0 Å². The number of guanidine groups is 1. The van der Waals surface area contributed by atoms with Crippen molar-refractivity contribution in [1.29, 1.82) is 0 Å². The molecule has 2 rings (SSSR count). The van der Waals surface area contributed by atoms with Crippen LogP contribution in [0.4, 0.5) is 0 Å². The Balaban J connectivity index is 0.00000392. The summed E-state index contributed by atoms with van der Waals surface area (Å²) < 4.78 is 10.9. The minimum atomic E-state index is 0. The summed E-state index contributed by atoms with van der Waals surface area (Å²) in [6.07, 6.45) is 2.12. The minimum Gasteiger partial charge on any atom is -0.497 e. The Hall–Kier alpha value is -0.710. The van der Waals surface area contributed by atoms with Crippen LogP contribution in [0.1, 0.15) is 25.5 Å². The van der Waals surface area contributed by atoms with E-state index >= 15 is 0 Å². The van der Waals surface area contributed by atoms with Gasteiger partial charge >= 0.3 is 0 Å². The van der Waals surface area contributed by atoms with Crippen LogP contribution in [-0.4, -0.2) is 75.4 Å². The molecule has 1 aromatic rings. The SMILES string of the molecule is CCNC(=NCC(C)SC)NCC(c1ccc(OC)cc1)N1CCOCC1.I. The first-order valence-electron chi connectivity index (χ1n) is 9.68. The summed E-state index contributed by atoms with van der Waals surface area (Å²) in [4.78, 5) is 7.21. The van der Waals surface area contributed by atoms with E-state index in [-0.39, 0.29) is 30.0 Å². The van der Waals surface area contributed by atoms with Gasteiger partial charge in [-0.1, -0.05) is 19.1 Å². The molecule has 2 unspecified atom stereocenters. The number of rotatable bonds is 9. The van der Waals surface area contributed by atoms with Crippen LogP contribution in [-0.2, 0) is 4.74 Å². The van der Waals surface area contributed by atoms with Crippen LogP contribution in [0.5, 0.6) is 5.75 Å². The van der Waals surface area contributed by atoms with E-state index in [1.165, 1.54) is 5.56 Å². The first kappa shape index (κ1) is 25.3.